The van der Waals surface area contributed by atoms with Crippen molar-refractivity contribution < 1.29 is 0 Å². The van der Waals surface area contributed by atoms with E-state index in [9.17, 15) is 0 Å². The monoisotopic (exact) mass is 238 g/mol. The largest absolute Gasteiger partial charge is 0.315 e. The van der Waals surface area contributed by atoms with E-state index in [1.54, 1.807) is 0 Å². The van der Waals surface area contributed by atoms with Gasteiger partial charge >= 0.3 is 0 Å². The maximum Gasteiger partial charge on any atom is 0.0115 e. The lowest BCUT2D eigenvalue weighted by Gasteiger charge is -2.23. The van der Waals surface area contributed by atoms with E-state index in [1.165, 1.54) is 17.7 Å². The highest BCUT2D eigenvalue weighted by Crippen LogP contribution is 2.26. The Morgan fingerprint density at radius 1 is 1.38 bits per heavy atom. The first kappa shape index (κ1) is 12.1. The van der Waals surface area contributed by atoms with Crippen LogP contribution in [-0.2, 0) is 5.41 Å². The van der Waals surface area contributed by atoms with Gasteiger partial charge in [-0.1, -0.05) is 19.9 Å². The summed E-state index contributed by atoms with van der Waals surface area (Å²) in [7, 11) is 0. The number of hydrogen-bond acceptors (Lipinski definition) is 3. The maximum atomic E-state index is 3.54. The average Bonchev–Trinajstić information content (AvgIpc) is 2.89. The van der Waals surface area contributed by atoms with Gasteiger partial charge in [-0.2, -0.15) is 0 Å². The van der Waals surface area contributed by atoms with Crippen molar-refractivity contribution in [2.45, 2.75) is 38.1 Å². The minimum absolute atomic E-state index is 0.258. The van der Waals surface area contributed by atoms with Gasteiger partial charge in [0.15, 0.2) is 0 Å². The lowest BCUT2D eigenvalue weighted by atomic mass is 9.91. The van der Waals surface area contributed by atoms with Gasteiger partial charge < -0.3 is 10.6 Å². The molecule has 3 heteroatoms. The Labute approximate surface area is 102 Å². The minimum atomic E-state index is 0.258. The molecule has 16 heavy (non-hydrogen) atoms. The van der Waals surface area contributed by atoms with E-state index in [0.29, 0.717) is 0 Å². The fraction of sp³-hybridized carbons (Fsp3) is 0.692. The summed E-state index contributed by atoms with van der Waals surface area (Å²) in [5.41, 5.74) is 0.258. The minimum Gasteiger partial charge on any atom is -0.315 e. The molecule has 2 rings (SSSR count). The Morgan fingerprint density at radius 3 is 2.81 bits per heavy atom. The predicted octanol–water partition coefficient (Wildman–Crippen LogP) is 2.37. The fourth-order valence-corrected chi connectivity index (χ4v) is 2.66. The van der Waals surface area contributed by atoms with Crippen LogP contribution in [0.1, 0.15) is 31.6 Å². The molecule has 0 spiro atoms. The summed E-state index contributed by atoms with van der Waals surface area (Å²) in [6.07, 6.45) is 2.75. The van der Waals surface area contributed by atoms with Crippen LogP contribution in [0.5, 0.6) is 0 Å². The molecule has 1 aliphatic carbocycles. The molecule has 0 aliphatic heterocycles. The van der Waals surface area contributed by atoms with E-state index in [4.69, 9.17) is 0 Å². The van der Waals surface area contributed by atoms with Gasteiger partial charge in [0.1, 0.15) is 0 Å². The third-order valence-corrected chi connectivity index (χ3v) is 4.30. The molecule has 0 radical (unpaired) electrons. The molecule has 1 aromatic rings. The lowest BCUT2D eigenvalue weighted by Crippen LogP contribution is -2.36. The van der Waals surface area contributed by atoms with Gasteiger partial charge in [-0.25, -0.2) is 0 Å². The number of rotatable bonds is 7. The summed E-state index contributed by atoms with van der Waals surface area (Å²) in [6.45, 7) is 7.84. The van der Waals surface area contributed by atoms with E-state index in [-0.39, 0.29) is 5.41 Å². The number of thiophene rings is 1. The zero-order valence-electron chi connectivity index (χ0n) is 10.3. The molecule has 2 N–H and O–H groups in total. The van der Waals surface area contributed by atoms with Gasteiger partial charge in [-0.05, 0) is 24.3 Å². The topological polar surface area (TPSA) is 24.1 Å². The Kier molecular flexibility index (Phi) is 4.00. The maximum absolute atomic E-state index is 3.54. The standard InChI is InChI=1S/C13H22N2S/c1-13(2,12-4-3-9-16-12)10-14-7-8-15-11-5-6-11/h3-4,9,11,14-15H,5-8,10H2,1-2H3. The Balaban J connectivity index is 1.63. The van der Waals surface area contributed by atoms with Crippen LogP contribution in [0.4, 0.5) is 0 Å². The zero-order valence-corrected chi connectivity index (χ0v) is 11.1. The van der Waals surface area contributed by atoms with Crippen LogP contribution < -0.4 is 10.6 Å². The number of nitrogens with one attached hydrogen (secondary N) is 2. The van der Waals surface area contributed by atoms with Gasteiger partial charge in [0.2, 0.25) is 0 Å². The van der Waals surface area contributed by atoms with Crippen molar-refractivity contribution in [2.24, 2.45) is 0 Å². The Hall–Kier alpha value is -0.380. The summed E-state index contributed by atoms with van der Waals surface area (Å²) in [6, 6.07) is 5.19. The normalized spacial score (nSPS) is 16.6. The Bertz CT molecular complexity index is 302. The molecule has 0 saturated heterocycles. The van der Waals surface area contributed by atoms with Crippen LogP contribution in [0.15, 0.2) is 17.5 Å². The van der Waals surface area contributed by atoms with Crippen molar-refractivity contribution in [3.8, 4) is 0 Å². The van der Waals surface area contributed by atoms with E-state index >= 15 is 0 Å². The van der Waals surface area contributed by atoms with Crippen molar-refractivity contribution in [2.75, 3.05) is 19.6 Å². The molecule has 0 amide bonds. The first-order valence-electron chi connectivity index (χ1n) is 6.16. The lowest BCUT2D eigenvalue weighted by molar-refractivity contribution is 0.471. The molecule has 1 heterocycles. The zero-order chi connectivity index (χ0) is 11.4. The molecular weight excluding hydrogens is 216 g/mol. The molecule has 1 aliphatic rings. The predicted molar refractivity (Wildman–Crippen MR) is 71.2 cm³/mol. The third kappa shape index (κ3) is 3.58. The summed E-state index contributed by atoms with van der Waals surface area (Å²) in [5, 5.41) is 9.22. The second-order valence-corrected chi connectivity index (χ2v) is 6.21. The van der Waals surface area contributed by atoms with Crippen LogP contribution in [0.3, 0.4) is 0 Å². The molecule has 1 fully saturated rings. The highest BCUT2D eigenvalue weighted by molar-refractivity contribution is 7.10. The van der Waals surface area contributed by atoms with Crippen LogP contribution in [-0.4, -0.2) is 25.7 Å². The van der Waals surface area contributed by atoms with Gasteiger partial charge in [-0.3, -0.25) is 0 Å². The van der Waals surface area contributed by atoms with E-state index in [0.717, 1.165) is 25.7 Å². The molecule has 0 unspecified atom stereocenters. The smallest absolute Gasteiger partial charge is 0.0115 e. The third-order valence-electron chi connectivity index (χ3n) is 3.07. The molecule has 0 bridgehead atoms. The van der Waals surface area contributed by atoms with Gasteiger partial charge in [0.05, 0.1) is 0 Å². The highest BCUT2D eigenvalue weighted by Gasteiger charge is 2.22. The fourth-order valence-electron chi connectivity index (χ4n) is 1.80. The molecule has 90 valence electrons. The van der Waals surface area contributed by atoms with Gasteiger partial charge in [-0.15, -0.1) is 11.3 Å². The summed E-state index contributed by atoms with van der Waals surface area (Å²) >= 11 is 1.85. The SMILES string of the molecule is CC(C)(CNCCNC1CC1)c1cccs1. The van der Waals surface area contributed by atoms with Crippen LogP contribution in [0, 0.1) is 0 Å². The van der Waals surface area contributed by atoms with Crippen molar-refractivity contribution in [1.82, 2.24) is 10.6 Å². The molecule has 1 saturated carbocycles. The molecule has 0 aromatic carbocycles. The first-order chi connectivity index (χ1) is 7.68. The first-order valence-corrected chi connectivity index (χ1v) is 7.04. The molecule has 1 aromatic heterocycles. The number of hydrogen-bond donors (Lipinski definition) is 2. The van der Waals surface area contributed by atoms with Crippen molar-refractivity contribution in [3.05, 3.63) is 22.4 Å². The summed E-state index contributed by atoms with van der Waals surface area (Å²) in [4.78, 5) is 1.47. The Morgan fingerprint density at radius 2 is 2.19 bits per heavy atom. The van der Waals surface area contributed by atoms with E-state index in [1.807, 2.05) is 11.3 Å². The van der Waals surface area contributed by atoms with Gasteiger partial charge in [0, 0.05) is 36.0 Å². The summed E-state index contributed by atoms with van der Waals surface area (Å²) in [5.74, 6) is 0. The van der Waals surface area contributed by atoms with Crippen LogP contribution in [0.2, 0.25) is 0 Å². The van der Waals surface area contributed by atoms with E-state index in [2.05, 4.69) is 42.0 Å². The van der Waals surface area contributed by atoms with Crippen molar-refractivity contribution >= 4 is 11.3 Å². The van der Waals surface area contributed by atoms with Crippen LogP contribution >= 0.6 is 11.3 Å². The average molecular weight is 238 g/mol. The van der Waals surface area contributed by atoms with Gasteiger partial charge in [0.25, 0.3) is 0 Å². The quantitative estimate of drug-likeness (QED) is 0.713. The second kappa shape index (κ2) is 5.30. The summed E-state index contributed by atoms with van der Waals surface area (Å²) < 4.78 is 0. The van der Waals surface area contributed by atoms with E-state index < -0.39 is 0 Å². The molecule has 0 atom stereocenters. The van der Waals surface area contributed by atoms with Crippen molar-refractivity contribution in [3.63, 3.8) is 0 Å². The second-order valence-electron chi connectivity index (χ2n) is 5.27. The molecular formula is C13H22N2S. The highest BCUT2D eigenvalue weighted by atomic mass is 32.1. The van der Waals surface area contributed by atoms with Crippen LogP contribution in [0.25, 0.3) is 0 Å². The van der Waals surface area contributed by atoms with Crippen molar-refractivity contribution in [1.29, 1.82) is 0 Å². The molecule has 2 nitrogen and oxygen atoms in total.